The Morgan fingerprint density at radius 2 is 1.77 bits per heavy atom. The zero-order chi connectivity index (χ0) is 18.4. The lowest BCUT2D eigenvalue weighted by molar-refractivity contribution is 0.0685. The van der Waals surface area contributed by atoms with Crippen molar-refractivity contribution in [2.75, 3.05) is 5.32 Å². The molecule has 0 saturated carbocycles. The van der Waals surface area contributed by atoms with E-state index in [1.54, 1.807) is 24.3 Å². The molecule has 0 amide bonds. The van der Waals surface area contributed by atoms with E-state index < -0.39 is 11.9 Å². The highest BCUT2D eigenvalue weighted by molar-refractivity contribution is 5.93. The first-order valence-corrected chi connectivity index (χ1v) is 8.61. The molecule has 0 bridgehead atoms. The fraction of sp³-hybridized carbons (Fsp3) is 0.238. The van der Waals surface area contributed by atoms with Crippen LogP contribution in [0.2, 0.25) is 0 Å². The average Bonchev–Trinajstić information content (AvgIpc) is 3.11. The first-order chi connectivity index (χ1) is 12.5. The molecule has 132 valence electrons. The Labute approximate surface area is 151 Å². The van der Waals surface area contributed by atoms with Gasteiger partial charge in [0.1, 0.15) is 0 Å². The van der Waals surface area contributed by atoms with Crippen molar-refractivity contribution in [1.29, 1.82) is 0 Å². The summed E-state index contributed by atoms with van der Waals surface area (Å²) in [4.78, 5) is 23.4. The topological polar surface area (TPSA) is 86.6 Å². The van der Waals surface area contributed by atoms with Gasteiger partial charge in [0.25, 0.3) is 0 Å². The second-order valence-corrected chi connectivity index (χ2v) is 6.89. The molecule has 0 saturated heterocycles. The van der Waals surface area contributed by atoms with Gasteiger partial charge in [-0.25, -0.2) is 9.59 Å². The minimum atomic E-state index is -0.952. The highest BCUT2D eigenvalue weighted by Crippen LogP contribution is 2.52. The zero-order valence-electron chi connectivity index (χ0n) is 14.3. The number of hydrogen-bond donors (Lipinski definition) is 3. The monoisotopic (exact) mass is 349 g/mol. The van der Waals surface area contributed by atoms with E-state index in [0.29, 0.717) is 5.56 Å². The second-order valence-electron chi connectivity index (χ2n) is 6.89. The van der Waals surface area contributed by atoms with Crippen LogP contribution in [0.25, 0.3) is 0 Å². The standard InChI is InChI=1S/C21H19NO4/c1-11-9-10-16(21(25)26)17-12-7-4-8-13(12)19(22-18(11)17)14-5-2-3-6-15(14)20(23)24/h2-7,9-10,12-13,19,22H,8H2,1H3,(H,23,24)(H,25,26)/t12-,13+,19+/m1/s1. The number of allylic oxidation sites excluding steroid dienone is 2. The maximum absolute atomic E-state index is 11.7. The molecule has 0 unspecified atom stereocenters. The Morgan fingerprint density at radius 3 is 2.50 bits per heavy atom. The number of fused-ring (bicyclic) bond motifs is 3. The predicted octanol–water partition coefficient (Wildman–Crippen LogP) is 4.22. The summed E-state index contributed by atoms with van der Waals surface area (Å²) >= 11 is 0. The molecule has 0 radical (unpaired) electrons. The van der Waals surface area contributed by atoms with Crippen molar-refractivity contribution in [2.24, 2.45) is 5.92 Å². The van der Waals surface area contributed by atoms with Crippen LogP contribution in [0.3, 0.4) is 0 Å². The van der Waals surface area contributed by atoms with Gasteiger partial charge in [-0.05, 0) is 48.1 Å². The summed E-state index contributed by atoms with van der Waals surface area (Å²) in [5.74, 6) is -1.84. The summed E-state index contributed by atoms with van der Waals surface area (Å²) < 4.78 is 0. The molecule has 1 aliphatic heterocycles. The molecular weight excluding hydrogens is 330 g/mol. The summed E-state index contributed by atoms with van der Waals surface area (Å²) in [6, 6.07) is 10.3. The minimum absolute atomic E-state index is 0.0379. The van der Waals surface area contributed by atoms with Gasteiger partial charge in [0.15, 0.2) is 0 Å². The van der Waals surface area contributed by atoms with Gasteiger partial charge in [-0.3, -0.25) is 0 Å². The zero-order valence-corrected chi connectivity index (χ0v) is 14.3. The van der Waals surface area contributed by atoms with Crippen LogP contribution < -0.4 is 5.32 Å². The van der Waals surface area contributed by atoms with Crippen LogP contribution >= 0.6 is 0 Å². The van der Waals surface area contributed by atoms with Gasteiger partial charge in [0.2, 0.25) is 0 Å². The third-order valence-electron chi connectivity index (χ3n) is 5.48. The van der Waals surface area contributed by atoms with E-state index in [-0.39, 0.29) is 23.4 Å². The van der Waals surface area contributed by atoms with E-state index in [1.807, 2.05) is 19.1 Å². The highest BCUT2D eigenvalue weighted by Gasteiger charge is 2.41. The molecular formula is C21H19NO4. The van der Waals surface area contributed by atoms with Crippen LogP contribution in [-0.2, 0) is 0 Å². The van der Waals surface area contributed by atoms with E-state index in [0.717, 1.165) is 28.8 Å². The van der Waals surface area contributed by atoms with Crippen molar-refractivity contribution in [3.8, 4) is 0 Å². The lowest BCUT2D eigenvalue weighted by Crippen LogP contribution is -2.32. The Balaban J connectivity index is 1.90. The average molecular weight is 349 g/mol. The van der Waals surface area contributed by atoms with Crippen molar-refractivity contribution in [2.45, 2.75) is 25.3 Å². The van der Waals surface area contributed by atoms with Crippen molar-refractivity contribution >= 4 is 17.6 Å². The minimum Gasteiger partial charge on any atom is -0.478 e. The van der Waals surface area contributed by atoms with E-state index >= 15 is 0 Å². The number of carbonyl (C=O) groups is 2. The number of aryl methyl sites for hydroxylation is 1. The summed E-state index contributed by atoms with van der Waals surface area (Å²) in [5, 5.41) is 22.7. The van der Waals surface area contributed by atoms with Gasteiger partial charge in [-0.2, -0.15) is 0 Å². The summed E-state index contributed by atoms with van der Waals surface area (Å²) in [6.45, 7) is 1.94. The quantitative estimate of drug-likeness (QED) is 0.722. The first kappa shape index (κ1) is 16.4. The first-order valence-electron chi connectivity index (χ1n) is 8.61. The molecule has 0 spiro atoms. The van der Waals surface area contributed by atoms with Crippen LogP contribution in [0.5, 0.6) is 0 Å². The van der Waals surface area contributed by atoms with Crippen LogP contribution in [0, 0.1) is 12.8 Å². The maximum Gasteiger partial charge on any atom is 0.336 e. The lowest BCUT2D eigenvalue weighted by Gasteiger charge is -2.39. The normalized spacial score (nSPS) is 23.0. The van der Waals surface area contributed by atoms with E-state index in [2.05, 4.69) is 17.5 Å². The Morgan fingerprint density at radius 1 is 1.04 bits per heavy atom. The fourth-order valence-corrected chi connectivity index (χ4v) is 4.31. The molecule has 3 atom stereocenters. The van der Waals surface area contributed by atoms with Crippen LogP contribution in [0.4, 0.5) is 5.69 Å². The van der Waals surface area contributed by atoms with Crippen molar-refractivity contribution in [3.63, 3.8) is 0 Å². The summed E-state index contributed by atoms with van der Waals surface area (Å²) in [6.07, 6.45) is 4.91. The van der Waals surface area contributed by atoms with E-state index in [4.69, 9.17) is 0 Å². The molecule has 2 aromatic rings. The van der Waals surface area contributed by atoms with Crippen LogP contribution in [-0.4, -0.2) is 22.2 Å². The van der Waals surface area contributed by atoms with Crippen molar-refractivity contribution in [3.05, 3.63) is 76.4 Å². The predicted molar refractivity (Wildman–Crippen MR) is 97.9 cm³/mol. The van der Waals surface area contributed by atoms with Crippen LogP contribution in [0.15, 0.2) is 48.6 Å². The molecule has 5 heteroatoms. The molecule has 1 heterocycles. The number of rotatable bonds is 3. The van der Waals surface area contributed by atoms with Crippen LogP contribution in [0.1, 0.15) is 55.8 Å². The Hall–Kier alpha value is -3.08. The van der Waals surface area contributed by atoms with Crippen molar-refractivity contribution < 1.29 is 19.8 Å². The molecule has 0 fully saturated rings. The molecule has 1 aliphatic carbocycles. The smallest absolute Gasteiger partial charge is 0.336 e. The fourth-order valence-electron chi connectivity index (χ4n) is 4.31. The molecule has 5 nitrogen and oxygen atoms in total. The molecule has 4 rings (SSSR count). The van der Waals surface area contributed by atoms with Gasteiger partial charge in [-0.15, -0.1) is 0 Å². The molecule has 0 aromatic heterocycles. The Bertz CT molecular complexity index is 947. The third kappa shape index (κ3) is 2.39. The molecule has 3 N–H and O–H groups in total. The molecule has 26 heavy (non-hydrogen) atoms. The lowest BCUT2D eigenvalue weighted by atomic mass is 9.74. The number of carboxylic acids is 2. The number of anilines is 1. The third-order valence-corrected chi connectivity index (χ3v) is 5.48. The number of hydrogen-bond acceptors (Lipinski definition) is 3. The number of carboxylic acid groups (broad SMARTS) is 2. The number of nitrogens with one attached hydrogen (secondary N) is 1. The van der Waals surface area contributed by atoms with Gasteiger partial charge >= 0.3 is 11.9 Å². The largest absolute Gasteiger partial charge is 0.478 e. The maximum atomic E-state index is 11.7. The summed E-state index contributed by atoms with van der Waals surface area (Å²) in [7, 11) is 0. The number of aromatic carboxylic acids is 2. The van der Waals surface area contributed by atoms with Gasteiger partial charge in [-0.1, -0.05) is 36.4 Å². The highest BCUT2D eigenvalue weighted by atomic mass is 16.4. The molecule has 2 aliphatic rings. The van der Waals surface area contributed by atoms with E-state index in [9.17, 15) is 19.8 Å². The summed E-state index contributed by atoms with van der Waals surface area (Å²) in [5.41, 5.74) is 3.91. The van der Waals surface area contributed by atoms with Gasteiger partial charge in [0, 0.05) is 11.6 Å². The Kier molecular flexibility index (Phi) is 3.80. The van der Waals surface area contributed by atoms with Crippen molar-refractivity contribution in [1.82, 2.24) is 0 Å². The van der Waals surface area contributed by atoms with Gasteiger partial charge < -0.3 is 15.5 Å². The molecule has 2 aromatic carbocycles. The second kappa shape index (κ2) is 6.02. The van der Waals surface area contributed by atoms with E-state index in [1.165, 1.54) is 0 Å². The van der Waals surface area contributed by atoms with Gasteiger partial charge in [0.05, 0.1) is 17.2 Å². The number of benzene rings is 2. The SMILES string of the molecule is Cc1ccc(C(=O)O)c2c1N[C@H](c1ccccc1C(=O)O)[C@H]1CC=C[C@@H]21.